The van der Waals surface area contributed by atoms with E-state index in [2.05, 4.69) is 15.5 Å². The van der Waals surface area contributed by atoms with Gasteiger partial charge in [0.05, 0.1) is 31.1 Å². The van der Waals surface area contributed by atoms with E-state index in [9.17, 15) is 9.59 Å². The lowest BCUT2D eigenvalue weighted by Gasteiger charge is -2.09. The predicted molar refractivity (Wildman–Crippen MR) is 125 cm³/mol. The Morgan fingerprint density at radius 2 is 2.09 bits per heavy atom. The lowest BCUT2D eigenvalue weighted by atomic mass is 10.1. The van der Waals surface area contributed by atoms with E-state index in [1.165, 1.54) is 30.2 Å². The normalized spacial score (nSPS) is 12.5. The topological polar surface area (TPSA) is 95.3 Å². The number of methoxy groups -OCH3 is 2. The molecule has 0 bridgehead atoms. The summed E-state index contributed by atoms with van der Waals surface area (Å²) in [4.78, 5) is 26.0. The van der Waals surface area contributed by atoms with Crippen LogP contribution >= 0.6 is 34.7 Å². The molecule has 8 nitrogen and oxygen atoms in total. The van der Waals surface area contributed by atoms with Gasteiger partial charge in [-0.2, -0.15) is 0 Å². The fourth-order valence-electron chi connectivity index (χ4n) is 3.63. The van der Waals surface area contributed by atoms with Crippen molar-refractivity contribution in [3.63, 3.8) is 0 Å². The fraction of sp³-hybridized carbons (Fsp3) is 0.333. The Labute approximate surface area is 198 Å². The van der Waals surface area contributed by atoms with Crippen molar-refractivity contribution in [2.45, 2.75) is 24.4 Å². The summed E-state index contributed by atoms with van der Waals surface area (Å²) in [7, 11) is 4.74. The summed E-state index contributed by atoms with van der Waals surface area (Å²) in [5.41, 5.74) is 2.19. The summed E-state index contributed by atoms with van der Waals surface area (Å²) in [6.07, 6.45) is 2.76. The third-order valence-electron chi connectivity index (χ3n) is 5.13. The minimum atomic E-state index is -0.416. The molecular formula is C21H21ClN4O4S2. The standard InChI is InChI=1S/C21H21ClN4O4S2/c1-26-18(13-9-11(22)7-8-14(13)29-2)24-25-21(26)31-10-16(27)23-19-17(20(28)30-3)12-5-4-6-15(12)32-19/h7-9H,4-6,10H2,1-3H3,(H,23,27). The highest BCUT2D eigenvalue weighted by Crippen LogP contribution is 2.39. The van der Waals surface area contributed by atoms with Crippen molar-refractivity contribution in [2.24, 2.45) is 7.05 Å². The molecule has 168 valence electrons. The molecule has 0 atom stereocenters. The molecule has 0 saturated carbocycles. The van der Waals surface area contributed by atoms with Gasteiger partial charge in [0, 0.05) is 16.9 Å². The van der Waals surface area contributed by atoms with Crippen molar-refractivity contribution in [3.05, 3.63) is 39.2 Å². The maximum absolute atomic E-state index is 12.6. The molecule has 2 heterocycles. The number of hydrogen-bond acceptors (Lipinski definition) is 8. The second kappa shape index (κ2) is 9.51. The van der Waals surface area contributed by atoms with E-state index in [0.717, 1.165) is 29.7 Å². The summed E-state index contributed by atoms with van der Waals surface area (Å²) in [6, 6.07) is 5.27. The van der Waals surface area contributed by atoms with Gasteiger partial charge in [-0.3, -0.25) is 4.79 Å². The first-order chi connectivity index (χ1) is 15.4. The number of thioether (sulfide) groups is 1. The minimum absolute atomic E-state index is 0.113. The van der Waals surface area contributed by atoms with Crippen LogP contribution in [0.15, 0.2) is 23.4 Å². The second-order valence-electron chi connectivity index (χ2n) is 7.10. The SMILES string of the molecule is COC(=O)c1c(NC(=O)CSc2nnc(-c3cc(Cl)ccc3OC)n2C)sc2c1CCC2. The number of rotatable bonds is 7. The van der Waals surface area contributed by atoms with E-state index in [1.807, 2.05) is 7.05 Å². The molecule has 3 aromatic rings. The van der Waals surface area contributed by atoms with Gasteiger partial charge in [0.2, 0.25) is 5.91 Å². The second-order valence-corrected chi connectivity index (χ2v) is 9.58. The highest BCUT2D eigenvalue weighted by atomic mass is 35.5. The summed E-state index contributed by atoms with van der Waals surface area (Å²) in [5.74, 6) is 0.669. The number of ether oxygens (including phenoxy) is 2. The van der Waals surface area contributed by atoms with E-state index < -0.39 is 5.97 Å². The molecule has 1 amide bonds. The zero-order valence-corrected chi connectivity index (χ0v) is 20.1. The predicted octanol–water partition coefficient (Wildman–Crippen LogP) is 4.21. The maximum Gasteiger partial charge on any atom is 0.341 e. The summed E-state index contributed by atoms with van der Waals surface area (Å²) < 4.78 is 12.1. The molecule has 0 fully saturated rings. The molecule has 0 radical (unpaired) electrons. The molecule has 1 aromatic carbocycles. The number of carbonyl (C=O) groups excluding carboxylic acids is 2. The van der Waals surface area contributed by atoms with Crippen molar-refractivity contribution in [2.75, 3.05) is 25.3 Å². The molecule has 32 heavy (non-hydrogen) atoms. The van der Waals surface area contributed by atoms with Crippen LogP contribution in [0.5, 0.6) is 5.75 Å². The van der Waals surface area contributed by atoms with Crippen molar-refractivity contribution in [3.8, 4) is 17.1 Å². The molecule has 1 N–H and O–H groups in total. The van der Waals surface area contributed by atoms with Gasteiger partial charge in [-0.05, 0) is 43.0 Å². The monoisotopic (exact) mass is 492 g/mol. The van der Waals surface area contributed by atoms with Gasteiger partial charge in [-0.1, -0.05) is 23.4 Å². The molecule has 0 saturated heterocycles. The van der Waals surface area contributed by atoms with Gasteiger partial charge in [0.25, 0.3) is 0 Å². The first-order valence-corrected chi connectivity index (χ1v) is 12.0. The summed E-state index contributed by atoms with van der Waals surface area (Å²) in [6.45, 7) is 0. The van der Waals surface area contributed by atoms with E-state index in [1.54, 1.807) is 29.9 Å². The van der Waals surface area contributed by atoms with Gasteiger partial charge in [0.1, 0.15) is 10.8 Å². The summed E-state index contributed by atoms with van der Waals surface area (Å²) >= 11 is 8.83. The van der Waals surface area contributed by atoms with Crippen LogP contribution in [0.2, 0.25) is 5.02 Å². The molecule has 1 aliphatic carbocycles. The highest BCUT2D eigenvalue weighted by molar-refractivity contribution is 7.99. The van der Waals surface area contributed by atoms with Gasteiger partial charge >= 0.3 is 5.97 Å². The van der Waals surface area contributed by atoms with Gasteiger partial charge in [0.15, 0.2) is 11.0 Å². The largest absolute Gasteiger partial charge is 0.496 e. The molecule has 0 unspecified atom stereocenters. The van der Waals surface area contributed by atoms with Crippen molar-refractivity contribution in [1.29, 1.82) is 0 Å². The Kier molecular flexibility index (Phi) is 6.73. The number of amides is 1. The van der Waals surface area contributed by atoms with Crippen LogP contribution in [0.3, 0.4) is 0 Å². The zero-order chi connectivity index (χ0) is 22.8. The number of thiophene rings is 1. The number of carbonyl (C=O) groups is 2. The average Bonchev–Trinajstić information content (AvgIpc) is 3.46. The van der Waals surface area contributed by atoms with Gasteiger partial charge in [-0.15, -0.1) is 21.5 Å². The number of esters is 1. The Balaban J connectivity index is 1.47. The van der Waals surface area contributed by atoms with Crippen LogP contribution in [0.25, 0.3) is 11.4 Å². The Morgan fingerprint density at radius 1 is 1.28 bits per heavy atom. The number of aryl methyl sites for hydroxylation is 1. The Hall–Kier alpha value is -2.56. The van der Waals surface area contributed by atoms with Crippen LogP contribution in [0.1, 0.15) is 27.2 Å². The summed E-state index contributed by atoms with van der Waals surface area (Å²) in [5, 5.41) is 13.0. The highest BCUT2D eigenvalue weighted by Gasteiger charge is 2.28. The van der Waals surface area contributed by atoms with E-state index >= 15 is 0 Å². The third-order valence-corrected chi connectivity index (χ3v) is 7.60. The first kappa shape index (κ1) is 22.6. The van der Waals surface area contributed by atoms with Gasteiger partial charge in [-0.25, -0.2) is 4.79 Å². The first-order valence-electron chi connectivity index (χ1n) is 9.81. The van der Waals surface area contributed by atoms with E-state index in [4.69, 9.17) is 21.1 Å². The number of hydrogen-bond donors (Lipinski definition) is 1. The number of anilines is 1. The molecule has 1 aliphatic rings. The number of halogens is 1. The van der Waals surface area contributed by atoms with Crippen molar-refractivity contribution < 1.29 is 19.1 Å². The quantitative estimate of drug-likeness (QED) is 0.390. The van der Waals surface area contributed by atoms with E-state index in [-0.39, 0.29) is 11.7 Å². The zero-order valence-electron chi connectivity index (χ0n) is 17.7. The van der Waals surface area contributed by atoms with Crippen LogP contribution in [-0.2, 0) is 29.4 Å². The maximum atomic E-state index is 12.6. The smallest absolute Gasteiger partial charge is 0.341 e. The number of benzene rings is 1. The van der Waals surface area contributed by atoms with Crippen LogP contribution in [-0.4, -0.2) is 46.6 Å². The number of aromatic nitrogens is 3. The van der Waals surface area contributed by atoms with Crippen LogP contribution < -0.4 is 10.1 Å². The molecule has 0 aliphatic heterocycles. The number of nitrogens with zero attached hydrogens (tertiary/aromatic N) is 3. The Bertz CT molecular complexity index is 1190. The van der Waals surface area contributed by atoms with E-state index in [0.29, 0.717) is 37.9 Å². The molecule has 2 aromatic heterocycles. The fourth-order valence-corrected chi connectivity index (χ4v) is 5.81. The number of nitrogens with one attached hydrogen (secondary N) is 1. The molecule has 0 spiro atoms. The lowest BCUT2D eigenvalue weighted by molar-refractivity contribution is -0.113. The molecule has 4 rings (SSSR count). The van der Waals surface area contributed by atoms with Crippen LogP contribution in [0.4, 0.5) is 5.00 Å². The van der Waals surface area contributed by atoms with Crippen LogP contribution in [0, 0.1) is 0 Å². The average molecular weight is 493 g/mol. The Morgan fingerprint density at radius 3 is 2.84 bits per heavy atom. The third kappa shape index (κ3) is 4.35. The number of fused-ring (bicyclic) bond motifs is 1. The lowest BCUT2D eigenvalue weighted by Crippen LogP contribution is -2.16. The van der Waals surface area contributed by atoms with Crippen molar-refractivity contribution in [1.82, 2.24) is 14.8 Å². The molecular weight excluding hydrogens is 472 g/mol. The van der Waals surface area contributed by atoms with Crippen molar-refractivity contribution >= 4 is 51.6 Å². The van der Waals surface area contributed by atoms with Gasteiger partial charge < -0.3 is 19.4 Å². The minimum Gasteiger partial charge on any atom is -0.496 e. The molecule has 11 heteroatoms.